The van der Waals surface area contributed by atoms with Crippen molar-refractivity contribution < 1.29 is 13.2 Å². The van der Waals surface area contributed by atoms with Crippen molar-refractivity contribution in [2.24, 2.45) is 0 Å². The van der Waals surface area contributed by atoms with Crippen molar-refractivity contribution in [2.75, 3.05) is 38.1 Å². The van der Waals surface area contributed by atoms with E-state index >= 15 is 0 Å². The molecule has 26 heavy (non-hydrogen) atoms. The minimum absolute atomic E-state index is 0.583. The van der Waals surface area contributed by atoms with Gasteiger partial charge in [0, 0.05) is 44.1 Å². The molecule has 3 aromatic rings. The van der Waals surface area contributed by atoms with Crippen LogP contribution in [0.15, 0.2) is 42.9 Å². The molecule has 2 aromatic heterocycles. The number of rotatable bonds is 2. The van der Waals surface area contributed by atoms with Crippen molar-refractivity contribution in [2.45, 2.75) is 6.18 Å². The van der Waals surface area contributed by atoms with Crippen LogP contribution >= 0.6 is 0 Å². The standard InChI is InChI=1S/C18H18F3N5/c1-24-8-10-25(11-9-24)15-12-26-7-6-22-17(26)16(23-15)13-2-4-14(5-3-13)18(19,20)21/h2-7,12H,8-11H2,1H3. The summed E-state index contributed by atoms with van der Waals surface area (Å²) < 4.78 is 40.3. The monoisotopic (exact) mass is 361 g/mol. The first-order valence-electron chi connectivity index (χ1n) is 8.37. The van der Waals surface area contributed by atoms with Crippen LogP contribution in [0.5, 0.6) is 0 Å². The van der Waals surface area contributed by atoms with Gasteiger partial charge in [-0.25, -0.2) is 9.97 Å². The van der Waals surface area contributed by atoms with E-state index in [1.807, 2.05) is 16.8 Å². The summed E-state index contributed by atoms with van der Waals surface area (Å²) in [7, 11) is 2.08. The van der Waals surface area contributed by atoms with Crippen molar-refractivity contribution in [1.82, 2.24) is 19.3 Å². The van der Waals surface area contributed by atoms with E-state index in [-0.39, 0.29) is 0 Å². The SMILES string of the molecule is CN1CCN(c2cn3ccnc3c(-c3ccc(C(F)(F)F)cc3)n2)CC1. The molecule has 1 fully saturated rings. The summed E-state index contributed by atoms with van der Waals surface area (Å²) in [5.41, 5.74) is 1.16. The van der Waals surface area contributed by atoms with Crippen LogP contribution in [-0.4, -0.2) is 52.5 Å². The molecule has 0 spiro atoms. The van der Waals surface area contributed by atoms with Gasteiger partial charge < -0.3 is 14.2 Å². The Morgan fingerprint density at radius 3 is 2.35 bits per heavy atom. The zero-order chi connectivity index (χ0) is 18.3. The maximum atomic E-state index is 12.8. The number of piperazine rings is 1. The molecule has 5 nitrogen and oxygen atoms in total. The molecule has 0 atom stereocenters. The molecular weight excluding hydrogens is 343 g/mol. The van der Waals surface area contributed by atoms with Gasteiger partial charge in [0.1, 0.15) is 11.5 Å². The highest BCUT2D eigenvalue weighted by atomic mass is 19.4. The molecule has 1 aliphatic heterocycles. The molecule has 136 valence electrons. The lowest BCUT2D eigenvalue weighted by molar-refractivity contribution is -0.137. The average molecular weight is 361 g/mol. The molecule has 0 saturated carbocycles. The Balaban J connectivity index is 1.75. The van der Waals surface area contributed by atoms with Gasteiger partial charge in [0.15, 0.2) is 5.65 Å². The first kappa shape index (κ1) is 16.8. The van der Waals surface area contributed by atoms with Crippen molar-refractivity contribution in [3.8, 4) is 11.3 Å². The Labute approximate surface area is 148 Å². The van der Waals surface area contributed by atoms with E-state index < -0.39 is 11.7 Å². The molecule has 0 radical (unpaired) electrons. The molecule has 0 bridgehead atoms. The van der Waals surface area contributed by atoms with Gasteiger partial charge in [-0.15, -0.1) is 0 Å². The number of aromatic nitrogens is 3. The van der Waals surface area contributed by atoms with E-state index in [4.69, 9.17) is 4.98 Å². The third-order valence-electron chi connectivity index (χ3n) is 4.67. The Hall–Kier alpha value is -2.61. The number of hydrogen-bond acceptors (Lipinski definition) is 4. The number of halogens is 3. The number of hydrogen-bond donors (Lipinski definition) is 0. The number of nitrogens with zero attached hydrogens (tertiary/aromatic N) is 5. The van der Waals surface area contributed by atoms with E-state index in [2.05, 4.69) is 21.8 Å². The number of fused-ring (bicyclic) bond motifs is 1. The van der Waals surface area contributed by atoms with Crippen molar-refractivity contribution in [3.63, 3.8) is 0 Å². The van der Waals surface area contributed by atoms with Gasteiger partial charge in [-0.05, 0) is 19.2 Å². The molecule has 1 aromatic carbocycles. The fourth-order valence-corrected chi connectivity index (χ4v) is 3.12. The second-order valence-corrected chi connectivity index (χ2v) is 6.47. The minimum Gasteiger partial charge on any atom is -0.353 e. The van der Waals surface area contributed by atoms with E-state index in [1.54, 1.807) is 6.20 Å². The van der Waals surface area contributed by atoms with Crippen LogP contribution in [0.1, 0.15) is 5.56 Å². The number of benzene rings is 1. The summed E-state index contributed by atoms with van der Waals surface area (Å²) in [6.45, 7) is 3.60. The van der Waals surface area contributed by atoms with Gasteiger partial charge in [0.05, 0.1) is 11.8 Å². The highest BCUT2D eigenvalue weighted by Crippen LogP contribution is 2.32. The average Bonchev–Trinajstić information content (AvgIpc) is 3.09. The number of likely N-dealkylation sites (N-methyl/N-ethyl adjacent to an activating group) is 1. The van der Waals surface area contributed by atoms with Crippen LogP contribution in [0.3, 0.4) is 0 Å². The molecular formula is C18H18F3N5. The molecule has 0 aliphatic carbocycles. The fourth-order valence-electron chi connectivity index (χ4n) is 3.12. The molecule has 1 saturated heterocycles. The van der Waals surface area contributed by atoms with Gasteiger partial charge in [-0.3, -0.25) is 0 Å². The third kappa shape index (κ3) is 3.12. The van der Waals surface area contributed by atoms with Crippen molar-refractivity contribution in [3.05, 3.63) is 48.4 Å². The largest absolute Gasteiger partial charge is 0.416 e. The maximum absolute atomic E-state index is 12.8. The Kier molecular flexibility index (Phi) is 4.07. The lowest BCUT2D eigenvalue weighted by atomic mass is 10.1. The van der Waals surface area contributed by atoms with E-state index in [1.165, 1.54) is 12.1 Å². The smallest absolute Gasteiger partial charge is 0.353 e. The van der Waals surface area contributed by atoms with E-state index in [0.717, 1.165) is 44.1 Å². The van der Waals surface area contributed by atoms with Crippen LogP contribution < -0.4 is 4.90 Å². The highest BCUT2D eigenvalue weighted by Gasteiger charge is 2.30. The second kappa shape index (κ2) is 6.28. The maximum Gasteiger partial charge on any atom is 0.416 e. The molecule has 3 heterocycles. The number of anilines is 1. The van der Waals surface area contributed by atoms with Gasteiger partial charge >= 0.3 is 6.18 Å². The van der Waals surface area contributed by atoms with Crippen LogP contribution in [0.25, 0.3) is 16.9 Å². The summed E-state index contributed by atoms with van der Waals surface area (Å²) in [5, 5.41) is 0. The predicted molar refractivity (Wildman–Crippen MR) is 93.1 cm³/mol. The van der Waals surface area contributed by atoms with Gasteiger partial charge in [-0.2, -0.15) is 13.2 Å². The molecule has 1 aliphatic rings. The first-order chi connectivity index (χ1) is 12.4. The molecule has 8 heteroatoms. The highest BCUT2D eigenvalue weighted by molar-refractivity contribution is 5.75. The van der Waals surface area contributed by atoms with E-state index in [9.17, 15) is 13.2 Å². The van der Waals surface area contributed by atoms with Gasteiger partial charge in [-0.1, -0.05) is 12.1 Å². The summed E-state index contributed by atoms with van der Waals surface area (Å²) >= 11 is 0. The van der Waals surface area contributed by atoms with Crippen molar-refractivity contribution in [1.29, 1.82) is 0 Å². The normalized spacial score (nSPS) is 16.4. The van der Waals surface area contributed by atoms with Crippen LogP contribution in [0.2, 0.25) is 0 Å². The first-order valence-corrected chi connectivity index (χ1v) is 8.37. The lowest BCUT2D eigenvalue weighted by Crippen LogP contribution is -2.44. The van der Waals surface area contributed by atoms with Crippen molar-refractivity contribution >= 4 is 11.5 Å². The lowest BCUT2D eigenvalue weighted by Gasteiger charge is -2.33. The molecule has 4 rings (SSSR count). The molecule has 0 unspecified atom stereocenters. The van der Waals surface area contributed by atoms with Gasteiger partial charge in [0.25, 0.3) is 0 Å². The van der Waals surface area contributed by atoms with Crippen LogP contribution in [0, 0.1) is 0 Å². The Morgan fingerprint density at radius 1 is 1.00 bits per heavy atom. The Morgan fingerprint density at radius 2 is 1.69 bits per heavy atom. The summed E-state index contributed by atoms with van der Waals surface area (Å²) in [6, 6.07) is 5.07. The zero-order valence-electron chi connectivity index (χ0n) is 14.2. The topological polar surface area (TPSA) is 36.7 Å². The number of imidazole rings is 1. The zero-order valence-corrected chi connectivity index (χ0v) is 14.2. The van der Waals surface area contributed by atoms with Crippen LogP contribution in [-0.2, 0) is 6.18 Å². The van der Waals surface area contributed by atoms with Gasteiger partial charge in [0.2, 0.25) is 0 Å². The fraction of sp³-hybridized carbons (Fsp3) is 0.333. The molecule has 0 amide bonds. The minimum atomic E-state index is -4.35. The summed E-state index contributed by atoms with van der Waals surface area (Å²) in [4.78, 5) is 13.5. The quantitative estimate of drug-likeness (QED) is 0.703. The summed E-state index contributed by atoms with van der Waals surface area (Å²) in [5.74, 6) is 0.804. The van der Waals surface area contributed by atoms with Crippen LogP contribution in [0.4, 0.5) is 19.0 Å². The predicted octanol–water partition coefficient (Wildman–Crippen LogP) is 3.17. The third-order valence-corrected chi connectivity index (χ3v) is 4.67. The number of alkyl halides is 3. The summed E-state index contributed by atoms with van der Waals surface area (Å²) in [6.07, 6.45) is 1.06. The van der Waals surface area contributed by atoms with E-state index in [0.29, 0.717) is 16.9 Å². The Bertz CT molecular complexity index is 909. The second-order valence-electron chi connectivity index (χ2n) is 6.47. The molecule has 0 N–H and O–H groups in total.